The number of amidine groups is 1. The average Bonchev–Trinajstić information content (AvgIpc) is 2.30. The van der Waals surface area contributed by atoms with Crippen molar-refractivity contribution in [3.8, 4) is 0 Å². The van der Waals surface area contributed by atoms with Crippen molar-refractivity contribution in [1.82, 2.24) is 4.90 Å². The zero-order chi connectivity index (χ0) is 15.1. The van der Waals surface area contributed by atoms with Gasteiger partial charge in [0.15, 0.2) is 0 Å². The van der Waals surface area contributed by atoms with Gasteiger partial charge in [0.2, 0.25) is 0 Å². The van der Waals surface area contributed by atoms with Gasteiger partial charge < -0.3 is 15.8 Å². The highest BCUT2D eigenvalue weighted by molar-refractivity contribution is 5.85. The Balaban J connectivity index is 3.81. The molecular weight excluding hydrogens is 259 g/mol. The second-order valence-corrected chi connectivity index (χ2v) is 5.49. The Bertz CT molecular complexity index is 290. The molecule has 0 atom stereocenters. The lowest BCUT2D eigenvalue weighted by molar-refractivity contribution is -0.137. The lowest BCUT2D eigenvalue weighted by Gasteiger charge is -2.23. The summed E-state index contributed by atoms with van der Waals surface area (Å²) in [4.78, 5) is 1.67. The predicted molar refractivity (Wildman–Crippen MR) is 69.2 cm³/mol. The molecular formula is C12H24F3N3O. The van der Waals surface area contributed by atoms with Crippen molar-refractivity contribution in [2.24, 2.45) is 16.3 Å². The molecule has 0 spiro atoms. The molecule has 0 amide bonds. The standard InChI is InChI=1S/C12H24F3N3O/c1-11(2,10(16)17-19)6-4-5-8-18(3)9-7-12(13,14)15/h19H,4-9H2,1-3H3,(H2,16,17). The van der Waals surface area contributed by atoms with Crippen molar-refractivity contribution in [3.63, 3.8) is 0 Å². The normalized spacial score (nSPS) is 14.2. The molecule has 0 bridgehead atoms. The summed E-state index contributed by atoms with van der Waals surface area (Å²) >= 11 is 0. The van der Waals surface area contributed by atoms with Crippen molar-refractivity contribution in [2.75, 3.05) is 20.1 Å². The first kappa shape index (κ1) is 18.0. The highest BCUT2D eigenvalue weighted by Gasteiger charge is 2.27. The summed E-state index contributed by atoms with van der Waals surface area (Å²) in [7, 11) is 1.68. The Hall–Kier alpha value is -0.980. The van der Waals surface area contributed by atoms with Crippen molar-refractivity contribution in [3.05, 3.63) is 0 Å². The summed E-state index contributed by atoms with van der Waals surface area (Å²) in [6.45, 7) is 4.38. The van der Waals surface area contributed by atoms with Gasteiger partial charge in [0.25, 0.3) is 0 Å². The second-order valence-electron chi connectivity index (χ2n) is 5.49. The van der Waals surface area contributed by atoms with Gasteiger partial charge in [-0.1, -0.05) is 25.4 Å². The van der Waals surface area contributed by atoms with E-state index < -0.39 is 12.6 Å². The predicted octanol–water partition coefficient (Wildman–Crippen LogP) is 2.81. The minimum absolute atomic E-state index is 0.0210. The van der Waals surface area contributed by atoms with Crippen LogP contribution in [0.25, 0.3) is 0 Å². The molecule has 0 fully saturated rings. The van der Waals surface area contributed by atoms with E-state index in [2.05, 4.69) is 5.16 Å². The van der Waals surface area contributed by atoms with Crippen LogP contribution in [0.1, 0.15) is 39.5 Å². The lowest BCUT2D eigenvalue weighted by Crippen LogP contribution is -2.32. The van der Waals surface area contributed by atoms with E-state index in [4.69, 9.17) is 10.9 Å². The number of unbranched alkanes of at least 4 members (excludes halogenated alkanes) is 1. The summed E-state index contributed by atoms with van der Waals surface area (Å²) in [5, 5.41) is 11.6. The van der Waals surface area contributed by atoms with Crippen LogP contribution in [0.5, 0.6) is 0 Å². The number of rotatable bonds is 8. The van der Waals surface area contributed by atoms with E-state index in [0.717, 1.165) is 19.3 Å². The fraction of sp³-hybridized carbons (Fsp3) is 0.917. The van der Waals surface area contributed by atoms with E-state index in [1.807, 2.05) is 13.8 Å². The summed E-state index contributed by atoms with van der Waals surface area (Å²) in [5.74, 6) is 0.179. The van der Waals surface area contributed by atoms with E-state index in [1.54, 1.807) is 11.9 Å². The maximum atomic E-state index is 12.0. The molecule has 0 saturated carbocycles. The minimum atomic E-state index is -4.09. The van der Waals surface area contributed by atoms with Crippen molar-refractivity contribution in [2.45, 2.75) is 45.7 Å². The molecule has 0 unspecified atom stereocenters. The molecule has 0 aromatic heterocycles. The number of hydrogen-bond acceptors (Lipinski definition) is 3. The van der Waals surface area contributed by atoms with Crippen LogP contribution in [0.4, 0.5) is 13.2 Å². The Kier molecular flexibility index (Phi) is 7.18. The fourth-order valence-corrected chi connectivity index (χ4v) is 1.64. The van der Waals surface area contributed by atoms with Gasteiger partial charge in [-0.15, -0.1) is 0 Å². The molecule has 0 aliphatic carbocycles. The molecule has 0 aliphatic rings. The maximum Gasteiger partial charge on any atom is 0.390 e. The highest BCUT2D eigenvalue weighted by atomic mass is 19.4. The molecule has 114 valence electrons. The Labute approximate surface area is 112 Å². The molecule has 0 rings (SSSR count). The van der Waals surface area contributed by atoms with Crippen molar-refractivity contribution < 1.29 is 18.4 Å². The van der Waals surface area contributed by atoms with Crippen LogP contribution in [0.3, 0.4) is 0 Å². The van der Waals surface area contributed by atoms with Gasteiger partial charge in [-0.05, 0) is 26.4 Å². The Morgan fingerprint density at radius 3 is 2.21 bits per heavy atom. The first-order valence-corrected chi connectivity index (χ1v) is 6.32. The number of oxime groups is 1. The summed E-state index contributed by atoms with van der Waals surface area (Å²) < 4.78 is 36.0. The highest BCUT2D eigenvalue weighted by Crippen LogP contribution is 2.23. The number of halogens is 3. The van der Waals surface area contributed by atoms with Crippen LogP contribution in [0.2, 0.25) is 0 Å². The van der Waals surface area contributed by atoms with Crippen LogP contribution in [0, 0.1) is 5.41 Å². The second kappa shape index (κ2) is 7.57. The van der Waals surface area contributed by atoms with Gasteiger partial charge in [-0.25, -0.2) is 0 Å². The van der Waals surface area contributed by atoms with E-state index in [1.165, 1.54) is 0 Å². The van der Waals surface area contributed by atoms with E-state index in [-0.39, 0.29) is 17.8 Å². The van der Waals surface area contributed by atoms with Crippen LogP contribution in [-0.2, 0) is 0 Å². The van der Waals surface area contributed by atoms with Gasteiger partial charge in [0, 0.05) is 12.0 Å². The number of nitrogens with zero attached hydrogens (tertiary/aromatic N) is 2. The summed E-state index contributed by atoms with van der Waals surface area (Å²) in [6.07, 6.45) is -2.53. The van der Waals surface area contributed by atoms with Gasteiger partial charge in [-0.2, -0.15) is 13.2 Å². The van der Waals surface area contributed by atoms with Gasteiger partial charge in [-0.3, -0.25) is 0 Å². The third kappa shape index (κ3) is 8.69. The molecule has 0 aliphatic heterocycles. The van der Waals surface area contributed by atoms with Crippen LogP contribution >= 0.6 is 0 Å². The molecule has 0 saturated heterocycles. The number of nitrogens with two attached hydrogens (primary N) is 1. The molecule has 0 aromatic carbocycles. The van der Waals surface area contributed by atoms with Gasteiger partial charge >= 0.3 is 6.18 Å². The molecule has 4 nitrogen and oxygen atoms in total. The molecule has 0 heterocycles. The molecule has 7 heteroatoms. The quantitative estimate of drug-likeness (QED) is 0.237. The number of alkyl halides is 3. The minimum Gasteiger partial charge on any atom is -0.409 e. The van der Waals surface area contributed by atoms with Crippen molar-refractivity contribution >= 4 is 5.84 Å². The largest absolute Gasteiger partial charge is 0.409 e. The zero-order valence-electron chi connectivity index (χ0n) is 11.8. The first-order chi connectivity index (χ1) is 8.58. The van der Waals surface area contributed by atoms with Crippen LogP contribution in [-0.4, -0.2) is 42.3 Å². The summed E-state index contributed by atoms with van der Waals surface area (Å²) in [6, 6.07) is 0. The third-order valence-electron chi connectivity index (χ3n) is 3.17. The smallest absolute Gasteiger partial charge is 0.390 e. The topological polar surface area (TPSA) is 61.8 Å². The maximum absolute atomic E-state index is 12.0. The van der Waals surface area contributed by atoms with Crippen LogP contribution < -0.4 is 5.73 Å². The van der Waals surface area contributed by atoms with Crippen LogP contribution in [0.15, 0.2) is 5.16 Å². The zero-order valence-corrected chi connectivity index (χ0v) is 11.8. The third-order valence-corrected chi connectivity index (χ3v) is 3.17. The average molecular weight is 283 g/mol. The lowest BCUT2D eigenvalue weighted by atomic mass is 9.86. The monoisotopic (exact) mass is 283 g/mol. The van der Waals surface area contributed by atoms with Crippen molar-refractivity contribution in [1.29, 1.82) is 0 Å². The van der Waals surface area contributed by atoms with E-state index in [9.17, 15) is 13.2 Å². The Morgan fingerprint density at radius 2 is 1.74 bits per heavy atom. The fourth-order valence-electron chi connectivity index (χ4n) is 1.64. The van der Waals surface area contributed by atoms with Gasteiger partial charge in [0.1, 0.15) is 5.84 Å². The van der Waals surface area contributed by atoms with E-state index >= 15 is 0 Å². The van der Waals surface area contributed by atoms with E-state index in [0.29, 0.717) is 6.54 Å². The Morgan fingerprint density at radius 1 is 1.16 bits per heavy atom. The SMILES string of the molecule is CN(CCCCC(C)(C)C(N)=NO)CCC(F)(F)F. The van der Waals surface area contributed by atoms with Gasteiger partial charge in [0.05, 0.1) is 6.42 Å². The molecule has 0 aromatic rings. The number of hydrogen-bond donors (Lipinski definition) is 2. The summed E-state index contributed by atoms with van der Waals surface area (Å²) in [5.41, 5.74) is 5.16. The molecule has 0 radical (unpaired) electrons. The molecule has 19 heavy (non-hydrogen) atoms. The molecule has 3 N–H and O–H groups in total. The first-order valence-electron chi connectivity index (χ1n) is 6.32.